The molecule has 0 aliphatic heterocycles. The molecule has 0 amide bonds. The fourth-order valence-corrected chi connectivity index (χ4v) is 2.41. The molecule has 1 aromatic rings. The SMILES string of the molecule is CCCC(C)C(NCC)c1ccccc1OC(F)(F)F. The van der Waals surface area contributed by atoms with Crippen LogP contribution in [0.1, 0.15) is 45.2 Å². The zero-order chi connectivity index (χ0) is 15.2. The molecule has 0 bridgehead atoms. The molecule has 2 atom stereocenters. The fourth-order valence-electron chi connectivity index (χ4n) is 2.41. The van der Waals surface area contributed by atoms with Crippen molar-refractivity contribution in [3.63, 3.8) is 0 Å². The lowest BCUT2D eigenvalue weighted by Gasteiger charge is -2.27. The van der Waals surface area contributed by atoms with Crippen LogP contribution in [0.25, 0.3) is 0 Å². The molecule has 0 fully saturated rings. The van der Waals surface area contributed by atoms with E-state index in [1.54, 1.807) is 18.2 Å². The fraction of sp³-hybridized carbons (Fsp3) is 0.600. The van der Waals surface area contributed by atoms with E-state index in [-0.39, 0.29) is 17.7 Å². The Hall–Kier alpha value is -1.23. The summed E-state index contributed by atoms with van der Waals surface area (Å²) in [5, 5.41) is 3.26. The Morgan fingerprint density at radius 3 is 2.40 bits per heavy atom. The van der Waals surface area contributed by atoms with Crippen LogP contribution >= 0.6 is 0 Å². The second-order valence-electron chi connectivity index (χ2n) is 4.89. The Kier molecular flexibility index (Phi) is 6.33. The van der Waals surface area contributed by atoms with Gasteiger partial charge in [0.15, 0.2) is 0 Å². The van der Waals surface area contributed by atoms with Gasteiger partial charge in [-0.25, -0.2) is 0 Å². The first kappa shape index (κ1) is 16.8. The van der Waals surface area contributed by atoms with Gasteiger partial charge in [0.2, 0.25) is 0 Å². The molecule has 0 radical (unpaired) electrons. The summed E-state index contributed by atoms with van der Waals surface area (Å²) in [4.78, 5) is 0. The van der Waals surface area contributed by atoms with Crippen LogP contribution in [-0.2, 0) is 0 Å². The van der Waals surface area contributed by atoms with Crippen LogP contribution < -0.4 is 10.1 Å². The summed E-state index contributed by atoms with van der Waals surface area (Å²) < 4.78 is 41.6. The normalized spacial score (nSPS) is 14.9. The highest BCUT2D eigenvalue weighted by atomic mass is 19.4. The van der Waals surface area contributed by atoms with Gasteiger partial charge in [-0.15, -0.1) is 13.2 Å². The second kappa shape index (κ2) is 7.53. The van der Waals surface area contributed by atoms with E-state index in [1.165, 1.54) is 6.07 Å². The molecule has 2 nitrogen and oxygen atoms in total. The maximum Gasteiger partial charge on any atom is 0.573 e. The summed E-state index contributed by atoms with van der Waals surface area (Å²) in [5.41, 5.74) is 0.563. The minimum atomic E-state index is -4.67. The van der Waals surface area contributed by atoms with Gasteiger partial charge in [-0.05, 0) is 24.9 Å². The number of halogens is 3. The van der Waals surface area contributed by atoms with Crippen LogP contribution in [0.2, 0.25) is 0 Å². The average Bonchev–Trinajstić information content (AvgIpc) is 2.35. The Morgan fingerprint density at radius 2 is 1.85 bits per heavy atom. The smallest absolute Gasteiger partial charge is 0.405 e. The quantitative estimate of drug-likeness (QED) is 0.787. The van der Waals surface area contributed by atoms with Crippen LogP contribution in [-0.4, -0.2) is 12.9 Å². The molecule has 0 saturated carbocycles. The van der Waals surface area contributed by atoms with Crippen LogP contribution in [0.4, 0.5) is 13.2 Å². The number of para-hydroxylation sites is 1. The third-order valence-corrected chi connectivity index (χ3v) is 3.22. The van der Waals surface area contributed by atoms with Gasteiger partial charge in [-0.1, -0.05) is 45.4 Å². The highest BCUT2D eigenvalue weighted by molar-refractivity contribution is 5.36. The maximum absolute atomic E-state index is 12.5. The number of nitrogens with one attached hydrogen (secondary N) is 1. The molecule has 0 spiro atoms. The zero-order valence-electron chi connectivity index (χ0n) is 12.1. The second-order valence-corrected chi connectivity index (χ2v) is 4.89. The van der Waals surface area contributed by atoms with Gasteiger partial charge in [0, 0.05) is 11.6 Å². The third-order valence-electron chi connectivity index (χ3n) is 3.22. The number of alkyl halides is 3. The van der Waals surface area contributed by atoms with Crippen molar-refractivity contribution in [2.24, 2.45) is 5.92 Å². The van der Waals surface area contributed by atoms with Crippen LogP contribution in [0, 0.1) is 5.92 Å². The molecular weight excluding hydrogens is 267 g/mol. The number of rotatable bonds is 7. The van der Waals surface area contributed by atoms with Crippen molar-refractivity contribution >= 4 is 0 Å². The van der Waals surface area contributed by atoms with Crippen molar-refractivity contribution in [3.8, 4) is 5.75 Å². The topological polar surface area (TPSA) is 21.3 Å². The Balaban J connectivity index is 3.06. The predicted octanol–water partition coefficient (Wildman–Crippen LogP) is 4.67. The molecule has 5 heteroatoms. The maximum atomic E-state index is 12.5. The number of ether oxygens (including phenoxy) is 1. The summed E-state index contributed by atoms with van der Waals surface area (Å²) in [6.07, 6.45) is -2.73. The van der Waals surface area contributed by atoms with Gasteiger partial charge in [-0.2, -0.15) is 0 Å². The zero-order valence-corrected chi connectivity index (χ0v) is 12.1. The van der Waals surface area contributed by atoms with Gasteiger partial charge in [0.05, 0.1) is 0 Å². The molecule has 0 aliphatic rings. The van der Waals surface area contributed by atoms with E-state index in [0.717, 1.165) is 12.8 Å². The Bertz CT molecular complexity index is 406. The molecule has 0 heterocycles. The Labute approximate surface area is 118 Å². The van der Waals surface area contributed by atoms with E-state index >= 15 is 0 Å². The van der Waals surface area contributed by atoms with Gasteiger partial charge < -0.3 is 10.1 Å². The van der Waals surface area contributed by atoms with Crippen molar-refractivity contribution in [2.75, 3.05) is 6.54 Å². The highest BCUT2D eigenvalue weighted by Crippen LogP contribution is 2.34. The monoisotopic (exact) mass is 289 g/mol. The first-order chi connectivity index (χ1) is 9.39. The summed E-state index contributed by atoms with van der Waals surface area (Å²) in [6.45, 7) is 6.75. The minimum Gasteiger partial charge on any atom is -0.405 e. The molecule has 1 aromatic carbocycles. The largest absolute Gasteiger partial charge is 0.573 e. The molecule has 2 unspecified atom stereocenters. The van der Waals surface area contributed by atoms with E-state index in [4.69, 9.17) is 0 Å². The third kappa shape index (κ3) is 5.04. The van der Waals surface area contributed by atoms with Crippen LogP contribution in [0.15, 0.2) is 24.3 Å². The molecule has 0 saturated heterocycles. The highest BCUT2D eigenvalue weighted by Gasteiger charge is 2.33. The number of hydrogen-bond donors (Lipinski definition) is 1. The molecule has 114 valence electrons. The molecule has 1 N–H and O–H groups in total. The van der Waals surface area contributed by atoms with Gasteiger partial charge in [-0.3, -0.25) is 0 Å². The standard InChI is InChI=1S/C15H22F3NO/c1-4-8-11(3)14(19-5-2)12-9-6-7-10-13(12)20-15(16,17)18/h6-7,9-11,14,19H,4-5,8H2,1-3H3. The molecule has 0 aliphatic carbocycles. The molecule has 20 heavy (non-hydrogen) atoms. The number of hydrogen-bond acceptors (Lipinski definition) is 2. The van der Waals surface area contributed by atoms with Gasteiger partial charge in [0.1, 0.15) is 5.75 Å². The average molecular weight is 289 g/mol. The van der Waals surface area contributed by atoms with Gasteiger partial charge >= 0.3 is 6.36 Å². The van der Waals surface area contributed by atoms with E-state index in [9.17, 15) is 13.2 Å². The summed E-state index contributed by atoms with van der Waals surface area (Å²) >= 11 is 0. The van der Waals surface area contributed by atoms with E-state index < -0.39 is 6.36 Å². The van der Waals surface area contributed by atoms with Crippen molar-refractivity contribution in [1.29, 1.82) is 0 Å². The predicted molar refractivity (Wildman–Crippen MR) is 73.6 cm³/mol. The summed E-state index contributed by atoms with van der Waals surface area (Å²) in [6, 6.07) is 6.21. The van der Waals surface area contributed by atoms with Crippen molar-refractivity contribution in [2.45, 2.75) is 46.0 Å². The summed E-state index contributed by atoms with van der Waals surface area (Å²) in [5.74, 6) is 0.117. The van der Waals surface area contributed by atoms with E-state index in [0.29, 0.717) is 12.1 Å². The van der Waals surface area contributed by atoms with Crippen molar-refractivity contribution in [1.82, 2.24) is 5.32 Å². The molecule has 1 rings (SSSR count). The van der Waals surface area contributed by atoms with Crippen molar-refractivity contribution in [3.05, 3.63) is 29.8 Å². The van der Waals surface area contributed by atoms with Gasteiger partial charge in [0.25, 0.3) is 0 Å². The van der Waals surface area contributed by atoms with E-state index in [2.05, 4.69) is 17.0 Å². The summed E-state index contributed by atoms with van der Waals surface area (Å²) in [7, 11) is 0. The Morgan fingerprint density at radius 1 is 1.20 bits per heavy atom. The lowest BCUT2D eigenvalue weighted by Crippen LogP contribution is -2.28. The first-order valence-electron chi connectivity index (χ1n) is 6.97. The van der Waals surface area contributed by atoms with Crippen LogP contribution in [0.3, 0.4) is 0 Å². The number of benzene rings is 1. The lowest BCUT2D eigenvalue weighted by molar-refractivity contribution is -0.275. The van der Waals surface area contributed by atoms with Crippen LogP contribution in [0.5, 0.6) is 5.75 Å². The van der Waals surface area contributed by atoms with E-state index in [1.807, 2.05) is 13.8 Å². The van der Waals surface area contributed by atoms with Crippen molar-refractivity contribution < 1.29 is 17.9 Å². The first-order valence-corrected chi connectivity index (χ1v) is 6.97. The minimum absolute atomic E-state index is 0.117. The lowest BCUT2D eigenvalue weighted by atomic mass is 9.90. The molecular formula is C15H22F3NO. The molecule has 0 aromatic heterocycles.